The van der Waals surface area contributed by atoms with Crippen LogP contribution in [0.3, 0.4) is 0 Å². The summed E-state index contributed by atoms with van der Waals surface area (Å²) in [4.78, 5) is 23.9. The lowest BCUT2D eigenvalue weighted by Gasteiger charge is -2.14. The third-order valence-electron chi connectivity index (χ3n) is 4.22. The van der Waals surface area contributed by atoms with E-state index in [0.29, 0.717) is 24.9 Å². The van der Waals surface area contributed by atoms with Crippen molar-refractivity contribution in [2.45, 2.75) is 58.6 Å². The maximum Gasteiger partial charge on any atom is 0.252 e. The van der Waals surface area contributed by atoms with E-state index in [1.807, 2.05) is 43.7 Å². The number of benzene rings is 1. The van der Waals surface area contributed by atoms with Gasteiger partial charge in [-0.1, -0.05) is 12.1 Å². The third-order valence-corrected chi connectivity index (χ3v) is 4.90. The van der Waals surface area contributed by atoms with Gasteiger partial charge < -0.3 is 15.4 Å². The summed E-state index contributed by atoms with van der Waals surface area (Å²) >= 11 is 1.49. The summed E-state index contributed by atoms with van der Waals surface area (Å²) in [6, 6.07) is 10.0. The lowest BCUT2D eigenvalue weighted by Crippen LogP contribution is -2.33. The van der Waals surface area contributed by atoms with Crippen LogP contribution in [0.25, 0.3) is 0 Å². The number of amides is 2. The number of ether oxygens (including phenoxy) is 1. The summed E-state index contributed by atoms with van der Waals surface area (Å²) in [5, 5.41) is 9.55. The summed E-state index contributed by atoms with van der Waals surface area (Å²) < 4.78 is 5.65. The van der Waals surface area contributed by atoms with Crippen LogP contribution in [0.2, 0.25) is 0 Å². The summed E-state index contributed by atoms with van der Waals surface area (Å²) in [6.45, 7) is 6.54. The molecule has 0 saturated heterocycles. The lowest BCUT2D eigenvalue weighted by molar-refractivity contribution is -0.121. The molecule has 2 N–H and O–H groups in total. The van der Waals surface area contributed by atoms with Gasteiger partial charge in [-0.15, -0.1) is 0 Å². The zero-order valence-electron chi connectivity index (χ0n) is 16.9. The normalized spacial score (nSPS) is 11.9. The van der Waals surface area contributed by atoms with Gasteiger partial charge in [0.2, 0.25) is 5.91 Å². The number of aryl methyl sites for hydroxylation is 1. The largest absolute Gasteiger partial charge is 0.491 e. The molecular formula is C22H30N2O3S. The molecule has 1 aromatic heterocycles. The monoisotopic (exact) mass is 402 g/mol. The van der Waals surface area contributed by atoms with Crippen molar-refractivity contribution >= 4 is 23.2 Å². The average molecular weight is 403 g/mol. The van der Waals surface area contributed by atoms with Crippen molar-refractivity contribution in [1.82, 2.24) is 10.6 Å². The zero-order chi connectivity index (χ0) is 20.4. The Morgan fingerprint density at radius 2 is 1.86 bits per heavy atom. The highest BCUT2D eigenvalue weighted by atomic mass is 32.1. The van der Waals surface area contributed by atoms with Crippen LogP contribution < -0.4 is 15.4 Å². The van der Waals surface area contributed by atoms with Crippen molar-refractivity contribution in [2.24, 2.45) is 0 Å². The number of thiophene rings is 1. The minimum atomic E-state index is -0.0835. The molecule has 2 amide bonds. The van der Waals surface area contributed by atoms with Crippen molar-refractivity contribution in [3.05, 3.63) is 52.2 Å². The standard InChI is InChI=1S/C22H30N2O3S/c1-16(2)27-20-10-8-18(9-11-20)7-6-17(3)24-21(25)5-4-13-23-22(26)19-12-14-28-15-19/h8-12,14-17H,4-7,13H2,1-3H3,(H,23,26)(H,24,25). The van der Waals surface area contributed by atoms with E-state index in [2.05, 4.69) is 22.8 Å². The van der Waals surface area contributed by atoms with Gasteiger partial charge in [0.25, 0.3) is 5.91 Å². The van der Waals surface area contributed by atoms with E-state index in [-0.39, 0.29) is 24.0 Å². The van der Waals surface area contributed by atoms with Gasteiger partial charge in [0.1, 0.15) is 5.75 Å². The van der Waals surface area contributed by atoms with E-state index >= 15 is 0 Å². The molecule has 1 unspecified atom stereocenters. The highest BCUT2D eigenvalue weighted by molar-refractivity contribution is 7.08. The van der Waals surface area contributed by atoms with Gasteiger partial charge in [-0.25, -0.2) is 0 Å². The lowest BCUT2D eigenvalue weighted by atomic mass is 10.1. The number of carbonyl (C=O) groups excluding carboxylic acids is 2. The molecular weight excluding hydrogens is 372 g/mol. The van der Waals surface area contributed by atoms with Crippen LogP contribution in [0.4, 0.5) is 0 Å². The zero-order valence-corrected chi connectivity index (χ0v) is 17.7. The molecule has 0 aliphatic carbocycles. The van der Waals surface area contributed by atoms with Crippen LogP contribution in [-0.4, -0.2) is 30.5 Å². The first-order valence-electron chi connectivity index (χ1n) is 9.79. The minimum absolute atomic E-state index is 0.0259. The first-order valence-corrected chi connectivity index (χ1v) is 10.7. The summed E-state index contributed by atoms with van der Waals surface area (Å²) in [5.41, 5.74) is 1.90. The second kappa shape index (κ2) is 11.5. The Bertz CT molecular complexity index is 727. The number of rotatable bonds is 11. The minimum Gasteiger partial charge on any atom is -0.491 e. The van der Waals surface area contributed by atoms with Crippen molar-refractivity contribution < 1.29 is 14.3 Å². The van der Waals surface area contributed by atoms with Gasteiger partial charge in [0.05, 0.1) is 6.10 Å². The molecule has 1 atom stereocenters. The van der Waals surface area contributed by atoms with Crippen LogP contribution in [0.15, 0.2) is 41.1 Å². The van der Waals surface area contributed by atoms with Crippen LogP contribution in [0.5, 0.6) is 5.75 Å². The number of hydrogen-bond donors (Lipinski definition) is 2. The van der Waals surface area contributed by atoms with Gasteiger partial charge in [-0.2, -0.15) is 11.3 Å². The first kappa shape index (κ1) is 22.0. The molecule has 6 heteroatoms. The Kier molecular flexibility index (Phi) is 9.01. The Balaban J connectivity index is 1.59. The molecule has 5 nitrogen and oxygen atoms in total. The third kappa shape index (κ3) is 8.13. The van der Waals surface area contributed by atoms with E-state index in [1.54, 1.807) is 6.07 Å². The number of nitrogens with one attached hydrogen (secondary N) is 2. The van der Waals surface area contributed by atoms with E-state index in [9.17, 15) is 9.59 Å². The van der Waals surface area contributed by atoms with Crippen molar-refractivity contribution in [3.8, 4) is 5.75 Å². The molecule has 0 radical (unpaired) electrons. The first-order chi connectivity index (χ1) is 13.4. The van der Waals surface area contributed by atoms with Crippen molar-refractivity contribution in [1.29, 1.82) is 0 Å². The maximum absolute atomic E-state index is 12.0. The fraction of sp³-hybridized carbons (Fsp3) is 0.455. The smallest absolute Gasteiger partial charge is 0.252 e. The highest BCUT2D eigenvalue weighted by Crippen LogP contribution is 2.15. The fourth-order valence-corrected chi connectivity index (χ4v) is 3.39. The quantitative estimate of drug-likeness (QED) is 0.554. The highest BCUT2D eigenvalue weighted by Gasteiger charge is 2.09. The van der Waals surface area contributed by atoms with Gasteiger partial charge in [-0.3, -0.25) is 9.59 Å². The Hall–Kier alpha value is -2.34. The Labute approximate surface area is 171 Å². The Morgan fingerprint density at radius 1 is 1.11 bits per heavy atom. The molecule has 2 aromatic rings. The molecule has 0 spiro atoms. The number of carbonyl (C=O) groups is 2. The summed E-state index contributed by atoms with van der Waals surface area (Å²) in [5.74, 6) is 0.823. The summed E-state index contributed by atoms with van der Waals surface area (Å²) in [6.07, 6.45) is 3.00. The second-order valence-electron chi connectivity index (χ2n) is 7.19. The molecule has 1 heterocycles. The van der Waals surface area contributed by atoms with E-state index in [4.69, 9.17) is 4.74 Å². The van der Waals surface area contributed by atoms with E-state index < -0.39 is 0 Å². The fourth-order valence-electron chi connectivity index (χ4n) is 2.76. The second-order valence-corrected chi connectivity index (χ2v) is 7.97. The van der Waals surface area contributed by atoms with E-state index in [1.165, 1.54) is 16.9 Å². The molecule has 0 bridgehead atoms. The van der Waals surface area contributed by atoms with Crippen LogP contribution in [-0.2, 0) is 11.2 Å². The topological polar surface area (TPSA) is 67.4 Å². The van der Waals surface area contributed by atoms with Crippen LogP contribution in [0, 0.1) is 0 Å². The molecule has 0 saturated carbocycles. The predicted molar refractivity (Wildman–Crippen MR) is 114 cm³/mol. The molecule has 2 rings (SSSR count). The maximum atomic E-state index is 12.0. The van der Waals surface area contributed by atoms with Gasteiger partial charge in [0.15, 0.2) is 0 Å². The van der Waals surface area contributed by atoms with Gasteiger partial charge in [-0.05, 0) is 69.2 Å². The van der Waals surface area contributed by atoms with Gasteiger partial charge >= 0.3 is 0 Å². The molecule has 0 fully saturated rings. The molecule has 0 aliphatic rings. The van der Waals surface area contributed by atoms with E-state index in [0.717, 1.165) is 18.6 Å². The molecule has 0 aliphatic heterocycles. The SMILES string of the molecule is CC(CCc1ccc(OC(C)C)cc1)NC(=O)CCCNC(=O)c1ccsc1. The van der Waals surface area contributed by atoms with Crippen molar-refractivity contribution in [2.75, 3.05) is 6.54 Å². The van der Waals surface area contributed by atoms with Crippen LogP contribution in [0.1, 0.15) is 56.0 Å². The Morgan fingerprint density at radius 3 is 2.50 bits per heavy atom. The van der Waals surface area contributed by atoms with Crippen molar-refractivity contribution in [3.63, 3.8) is 0 Å². The average Bonchev–Trinajstić information content (AvgIpc) is 3.19. The number of hydrogen-bond acceptors (Lipinski definition) is 4. The van der Waals surface area contributed by atoms with Crippen LogP contribution >= 0.6 is 11.3 Å². The van der Waals surface area contributed by atoms with Gasteiger partial charge in [0, 0.05) is 30.0 Å². The summed E-state index contributed by atoms with van der Waals surface area (Å²) in [7, 11) is 0. The molecule has 1 aromatic carbocycles. The molecule has 152 valence electrons. The predicted octanol–water partition coefficient (Wildman–Crippen LogP) is 4.18. The molecule has 28 heavy (non-hydrogen) atoms.